The lowest BCUT2D eigenvalue weighted by Gasteiger charge is -2.01. The van der Waals surface area contributed by atoms with Gasteiger partial charge in [0.15, 0.2) is 0 Å². The Kier molecular flexibility index (Phi) is 2.77. The van der Waals surface area contributed by atoms with Crippen LogP contribution in [0.3, 0.4) is 0 Å². The zero-order chi connectivity index (χ0) is 10.7. The quantitative estimate of drug-likeness (QED) is 0.534. The SMILES string of the molecule is Cc1cc([N+](=O)[O-])c(F)cc1CC#N. The molecule has 72 valence electrons. The van der Waals surface area contributed by atoms with Gasteiger partial charge in [-0.25, -0.2) is 0 Å². The molecule has 0 N–H and O–H groups in total. The maximum Gasteiger partial charge on any atom is 0.305 e. The highest BCUT2D eigenvalue weighted by atomic mass is 19.1. The Morgan fingerprint density at radius 2 is 2.29 bits per heavy atom. The van der Waals surface area contributed by atoms with Crippen molar-refractivity contribution in [3.63, 3.8) is 0 Å². The van der Waals surface area contributed by atoms with E-state index in [-0.39, 0.29) is 6.42 Å². The second-order valence-corrected chi connectivity index (χ2v) is 2.82. The minimum atomic E-state index is -0.897. The molecular weight excluding hydrogens is 187 g/mol. The van der Waals surface area contributed by atoms with Crippen molar-refractivity contribution < 1.29 is 9.31 Å². The average molecular weight is 194 g/mol. The van der Waals surface area contributed by atoms with Crippen LogP contribution in [0.25, 0.3) is 0 Å². The number of hydrogen-bond acceptors (Lipinski definition) is 3. The zero-order valence-electron chi connectivity index (χ0n) is 7.45. The first-order valence-electron chi connectivity index (χ1n) is 3.86. The molecule has 0 saturated heterocycles. The van der Waals surface area contributed by atoms with Crippen LogP contribution in [0.4, 0.5) is 10.1 Å². The van der Waals surface area contributed by atoms with Crippen LogP contribution in [0, 0.1) is 34.2 Å². The number of aryl methyl sites for hydroxylation is 1. The van der Waals surface area contributed by atoms with E-state index in [4.69, 9.17) is 5.26 Å². The lowest BCUT2D eigenvalue weighted by atomic mass is 10.1. The summed E-state index contributed by atoms with van der Waals surface area (Å²) in [5, 5.41) is 18.8. The molecule has 0 aliphatic heterocycles. The van der Waals surface area contributed by atoms with Crippen molar-refractivity contribution in [3.8, 4) is 6.07 Å². The molecule has 0 heterocycles. The molecule has 0 saturated carbocycles. The molecule has 5 heteroatoms. The van der Waals surface area contributed by atoms with Crippen LogP contribution >= 0.6 is 0 Å². The molecule has 0 aliphatic carbocycles. The molecule has 0 atom stereocenters. The van der Waals surface area contributed by atoms with E-state index in [1.54, 1.807) is 6.92 Å². The molecule has 1 rings (SSSR count). The maximum atomic E-state index is 13.1. The summed E-state index contributed by atoms with van der Waals surface area (Å²) < 4.78 is 13.1. The number of hydrogen-bond donors (Lipinski definition) is 0. The van der Waals surface area contributed by atoms with Gasteiger partial charge < -0.3 is 0 Å². The lowest BCUT2D eigenvalue weighted by Crippen LogP contribution is -1.96. The predicted octanol–water partition coefficient (Wildman–Crippen LogP) is 2.11. The minimum absolute atomic E-state index is 0.0563. The molecule has 0 spiro atoms. The summed E-state index contributed by atoms with van der Waals surface area (Å²) in [7, 11) is 0. The summed E-state index contributed by atoms with van der Waals surface area (Å²) in [6.07, 6.45) is 0.0563. The molecule has 0 fully saturated rings. The number of nitrogens with zero attached hydrogens (tertiary/aromatic N) is 2. The van der Waals surface area contributed by atoms with E-state index < -0.39 is 16.4 Å². The van der Waals surface area contributed by atoms with E-state index in [9.17, 15) is 14.5 Å². The predicted molar refractivity (Wildman–Crippen MR) is 47.1 cm³/mol. The van der Waals surface area contributed by atoms with Crippen molar-refractivity contribution in [1.29, 1.82) is 5.26 Å². The van der Waals surface area contributed by atoms with Gasteiger partial charge in [0.25, 0.3) is 0 Å². The standard InChI is InChI=1S/C9H7FN2O2/c1-6-4-9(12(13)14)8(10)5-7(6)2-3-11/h4-5H,2H2,1H3. The van der Waals surface area contributed by atoms with E-state index in [2.05, 4.69) is 0 Å². The summed E-state index contributed by atoms with van der Waals surface area (Å²) >= 11 is 0. The number of rotatable bonds is 2. The Hall–Kier alpha value is -1.96. The summed E-state index contributed by atoms with van der Waals surface area (Å²) in [5.74, 6) is -0.897. The van der Waals surface area contributed by atoms with E-state index >= 15 is 0 Å². The van der Waals surface area contributed by atoms with Crippen molar-refractivity contribution >= 4 is 5.69 Å². The van der Waals surface area contributed by atoms with E-state index in [1.165, 1.54) is 0 Å². The average Bonchev–Trinajstić information content (AvgIpc) is 2.10. The van der Waals surface area contributed by atoms with Crippen LogP contribution in [0.15, 0.2) is 12.1 Å². The minimum Gasteiger partial charge on any atom is -0.258 e. The first-order valence-corrected chi connectivity index (χ1v) is 3.86. The van der Waals surface area contributed by atoms with E-state index in [1.807, 2.05) is 6.07 Å². The van der Waals surface area contributed by atoms with Crippen molar-refractivity contribution in [2.24, 2.45) is 0 Å². The Morgan fingerprint density at radius 3 is 2.79 bits per heavy atom. The van der Waals surface area contributed by atoms with Crippen molar-refractivity contribution in [1.82, 2.24) is 0 Å². The van der Waals surface area contributed by atoms with Gasteiger partial charge in [-0.05, 0) is 24.1 Å². The molecule has 1 aromatic rings. The Balaban J connectivity index is 3.25. The smallest absolute Gasteiger partial charge is 0.258 e. The fraction of sp³-hybridized carbons (Fsp3) is 0.222. The third kappa shape index (κ3) is 1.85. The number of nitro groups is 1. The fourth-order valence-electron chi connectivity index (χ4n) is 1.12. The molecular formula is C9H7FN2O2. The van der Waals surface area contributed by atoms with Crippen molar-refractivity contribution in [2.45, 2.75) is 13.3 Å². The first-order chi connectivity index (χ1) is 6.56. The lowest BCUT2D eigenvalue weighted by molar-refractivity contribution is -0.387. The Labute approximate surface area is 79.7 Å². The van der Waals surface area contributed by atoms with Gasteiger partial charge in [0.1, 0.15) is 0 Å². The third-order valence-corrected chi connectivity index (χ3v) is 1.87. The number of nitriles is 1. The number of benzene rings is 1. The zero-order valence-corrected chi connectivity index (χ0v) is 7.45. The summed E-state index contributed by atoms with van der Waals surface area (Å²) in [5.41, 5.74) is 0.486. The van der Waals surface area contributed by atoms with Crippen LogP contribution in [-0.2, 0) is 6.42 Å². The number of nitro benzene ring substituents is 1. The van der Waals surface area contributed by atoms with Crippen molar-refractivity contribution in [3.05, 3.63) is 39.2 Å². The van der Waals surface area contributed by atoms with Crippen LogP contribution < -0.4 is 0 Å². The first kappa shape index (κ1) is 10.1. The van der Waals surface area contributed by atoms with Gasteiger partial charge in [-0.2, -0.15) is 9.65 Å². The molecule has 4 nitrogen and oxygen atoms in total. The van der Waals surface area contributed by atoms with Gasteiger partial charge in [-0.1, -0.05) is 0 Å². The number of halogens is 1. The largest absolute Gasteiger partial charge is 0.305 e. The van der Waals surface area contributed by atoms with Gasteiger partial charge in [-0.15, -0.1) is 0 Å². The normalized spacial score (nSPS) is 9.50. The molecule has 0 aromatic heterocycles. The highest BCUT2D eigenvalue weighted by Crippen LogP contribution is 2.21. The molecule has 1 aromatic carbocycles. The summed E-state index contributed by atoms with van der Waals surface area (Å²) in [4.78, 5) is 9.56. The second-order valence-electron chi connectivity index (χ2n) is 2.82. The Morgan fingerprint density at radius 1 is 1.64 bits per heavy atom. The maximum absolute atomic E-state index is 13.1. The van der Waals surface area contributed by atoms with Gasteiger partial charge in [0.2, 0.25) is 5.82 Å². The molecule has 0 bridgehead atoms. The monoisotopic (exact) mass is 194 g/mol. The van der Waals surface area contributed by atoms with Gasteiger partial charge in [0, 0.05) is 6.07 Å². The van der Waals surface area contributed by atoms with E-state index in [0.29, 0.717) is 11.1 Å². The Bertz CT molecular complexity index is 424. The second kappa shape index (κ2) is 3.83. The van der Waals surface area contributed by atoms with Crippen LogP contribution in [0.5, 0.6) is 0 Å². The topological polar surface area (TPSA) is 66.9 Å². The van der Waals surface area contributed by atoms with Crippen LogP contribution in [0.2, 0.25) is 0 Å². The van der Waals surface area contributed by atoms with Crippen LogP contribution in [0.1, 0.15) is 11.1 Å². The molecule has 0 radical (unpaired) electrons. The molecule has 0 amide bonds. The van der Waals surface area contributed by atoms with Gasteiger partial charge >= 0.3 is 5.69 Å². The fourth-order valence-corrected chi connectivity index (χ4v) is 1.12. The highest BCUT2D eigenvalue weighted by molar-refractivity contribution is 5.41. The summed E-state index contributed by atoms with van der Waals surface area (Å²) in [6, 6.07) is 4.04. The highest BCUT2D eigenvalue weighted by Gasteiger charge is 2.15. The van der Waals surface area contributed by atoms with Crippen LogP contribution in [-0.4, -0.2) is 4.92 Å². The van der Waals surface area contributed by atoms with Crippen molar-refractivity contribution in [2.75, 3.05) is 0 Å². The summed E-state index contributed by atoms with van der Waals surface area (Å²) in [6.45, 7) is 1.61. The molecule has 0 unspecified atom stereocenters. The van der Waals surface area contributed by atoms with Gasteiger partial charge in [-0.3, -0.25) is 10.1 Å². The van der Waals surface area contributed by atoms with Gasteiger partial charge in [0.05, 0.1) is 17.4 Å². The third-order valence-electron chi connectivity index (χ3n) is 1.87. The van der Waals surface area contributed by atoms with E-state index in [0.717, 1.165) is 12.1 Å². The molecule has 0 aliphatic rings. The molecule has 14 heavy (non-hydrogen) atoms.